The van der Waals surface area contributed by atoms with E-state index in [-0.39, 0.29) is 11.1 Å². The van der Waals surface area contributed by atoms with Crippen molar-refractivity contribution in [2.45, 2.75) is 69.5 Å². The summed E-state index contributed by atoms with van der Waals surface area (Å²) < 4.78 is 72.2. The molecular weight excluding hydrogens is 427 g/mol. The summed E-state index contributed by atoms with van der Waals surface area (Å²) in [5.41, 5.74) is 1.01. The van der Waals surface area contributed by atoms with E-state index in [4.69, 9.17) is 0 Å². The van der Waals surface area contributed by atoms with Crippen LogP contribution in [0.2, 0.25) is 18.1 Å². The Kier molecular flexibility index (Phi) is 8.52. The number of ether oxygens (including phenoxy) is 1. The van der Waals surface area contributed by atoms with Gasteiger partial charge in [0, 0.05) is 14.4 Å². The van der Waals surface area contributed by atoms with Gasteiger partial charge in [-0.25, -0.2) is 22.0 Å². The topological polar surface area (TPSA) is 9.23 Å². The van der Waals surface area contributed by atoms with E-state index in [9.17, 15) is 22.0 Å². The SMILES string of the molecule is CCCCC[SiH]1CCC(c2ccc(-c3cc(F)c(OCC(F)F)c(F)c3)c(F)c2)CC1. The molecule has 0 radical (unpaired) electrons. The molecule has 0 amide bonds. The second-order valence-corrected chi connectivity index (χ2v) is 11.9. The maximum absolute atomic E-state index is 14.8. The van der Waals surface area contributed by atoms with Crippen molar-refractivity contribution in [3.63, 3.8) is 0 Å². The second-order valence-electron chi connectivity index (χ2n) is 8.42. The molecule has 0 saturated carbocycles. The van der Waals surface area contributed by atoms with E-state index in [0.29, 0.717) is 5.92 Å². The van der Waals surface area contributed by atoms with E-state index < -0.39 is 45.0 Å². The Morgan fingerprint density at radius 2 is 1.65 bits per heavy atom. The smallest absolute Gasteiger partial charge is 0.272 e. The van der Waals surface area contributed by atoms with Gasteiger partial charge in [0.15, 0.2) is 17.4 Å². The van der Waals surface area contributed by atoms with Crippen LogP contribution in [-0.4, -0.2) is 21.8 Å². The van der Waals surface area contributed by atoms with Crippen LogP contribution in [0.3, 0.4) is 0 Å². The van der Waals surface area contributed by atoms with Crippen LogP contribution in [-0.2, 0) is 0 Å². The molecule has 0 atom stereocenters. The minimum Gasteiger partial charge on any atom is -0.482 e. The van der Waals surface area contributed by atoms with Crippen molar-refractivity contribution in [1.82, 2.24) is 0 Å². The molecule has 170 valence electrons. The van der Waals surface area contributed by atoms with E-state index in [1.54, 1.807) is 6.07 Å². The average molecular weight is 457 g/mol. The first-order valence-electron chi connectivity index (χ1n) is 11.1. The Morgan fingerprint density at radius 3 is 2.23 bits per heavy atom. The second kappa shape index (κ2) is 11.1. The molecule has 31 heavy (non-hydrogen) atoms. The van der Waals surface area contributed by atoms with E-state index >= 15 is 0 Å². The predicted molar refractivity (Wildman–Crippen MR) is 116 cm³/mol. The van der Waals surface area contributed by atoms with Crippen LogP contribution in [0.5, 0.6) is 5.75 Å². The molecule has 1 heterocycles. The number of alkyl halides is 2. The van der Waals surface area contributed by atoms with Crippen LogP contribution in [0.1, 0.15) is 50.5 Å². The molecule has 2 aromatic carbocycles. The van der Waals surface area contributed by atoms with Crippen LogP contribution in [0.25, 0.3) is 11.1 Å². The lowest BCUT2D eigenvalue weighted by molar-refractivity contribution is 0.0777. The van der Waals surface area contributed by atoms with Crippen molar-refractivity contribution in [3.8, 4) is 16.9 Å². The number of rotatable bonds is 9. The average Bonchev–Trinajstić information content (AvgIpc) is 2.73. The molecule has 1 fully saturated rings. The van der Waals surface area contributed by atoms with Crippen LogP contribution in [0, 0.1) is 17.5 Å². The summed E-state index contributed by atoms with van der Waals surface area (Å²) in [5.74, 6) is -3.35. The number of hydrogen-bond donors (Lipinski definition) is 0. The lowest BCUT2D eigenvalue weighted by Crippen LogP contribution is -2.20. The van der Waals surface area contributed by atoms with Gasteiger partial charge in [0.25, 0.3) is 6.43 Å². The molecule has 3 rings (SSSR count). The summed E-state index contributed by atoms with van der Waals surface area (Å²) in [7, 11) is -0.656. The highest BCUT2D eigenvalue weighted by molar-refractivity contribution is 6.59. The van der Waals surface area contributed by atoms with Crippen LogP contribution >= 0.6 is 0 Å². The molecule has 0 unspecified atom stereocenters. The summed E-state index contributed by atoms with van der Waals surface area (Å²) in [6.45, 7) is 1.11. The highest BCUT2D eigenvalue weighted by atomic mass is 28.3. The molecule has 0 spiro atoms. The van der Waals surface area contributed by atoms with Gasteiger partial charge in [-0.05, 0) is 48.1 Å². The van der Waals surface area contributed by atoms with E-state index in [0.717, 1.165) is 30.5 Å². The van der Waals surface area contributed by atoms with Gasteiger partial charge in [0.2, 0.25) is 0 Å². The molecule has 1 aliphatic heterocycles. The van der Waals surface area contributed by atoms with Crippen molar-refractivity contribution in [1.29, 1.82) is 0 Å². The summed E-state index contributed by atoms with van der Waals surface area (Å²) in [4.78, 5) is 0. The third kappa shape index (κ3) is 6.31. The quantitative estimate of drug-likeness (QED) is 0.213. The Morgan fingerprint density at radius 1 is 0.968 bits per heavy atom. The van der Waals surface area contributed by atoms with Crippen LogP contribution in [0.4, 0.5) is 22.0 Å². The lowest BCUT2D eigenvalue weighted by atomic mass is 9.91. The number of benzene rings is 2. The normalized spacial score (nSPS) is 19.1. The fraction of sp³-hybridized carbons (Fsp3) is 0.500. The monoisotopic (exact) mass is 456 g/mol. The van der Waals surface area contributed by atoms with Gasteiger partial charge in [-0.15, -0.1) is 0 Å². The zero-order valence-corrected chi connectivity index (χ0v) is 18.9. The maximum atomic E-state index is 14.8. The van der Waals surface area contributed by atoms with Crippen molar-refractivity contribution >= 4 is 8.80 Å². The minimum atomic E-state index is -2.85. The first-order valence-corrected chi connectivity index (χ1v) is 13.5. The van der Waals surface area contributed by atoms with Crippen molar-refractivity contribution in [3.05, 3.63) is 53.3 Å². The Labute approximate surface area is 182 Å². The van der Waals surface area contributed by atoms with Crippen molar-refractivity contribution in [2.24, 2.45) is 0 Å². The van der Waals surface area contributed by atoms with Gasteiger partial charge in [-0.3, -0.25) is 0 Å². The maximum Gasteiger partial charge on any atom is 0.272 e. The number of halogens is 5. The highest BCUT2D eigenvalue weighted by Crippen LogP contribution is 2.37. The van der Waals surface area contributed by atoms with Crippen molar-refractivity contribution in [2.75, 3.05) is 6.61 Å². The molecule has 1 aliphatic rings. The van der Waals surface area contributed by atoms with Gasteiger partial charge in [-0.1, -0.05) is 56.5 Å². The fourth-order valence-corrected chi connectivity index (χ4v) is 7.97. The summed E-state index contributed by atoms with van der Waals surface area (Å²) in [6.07, 6.45) is 3.20. The third-order valence-corrected chi connectivity index (χ3v) is 9.71. The predicted octanol–water partition coefficient (Wildman–Crippen LogP) is 7.71. The van der Waals surface area contributed by atoms with Crippen LogP contribution < -0.4 is 4.74 Å². The van der Waals surface area contributed by atoms with Gasteiger partial charge in [-0.2, -0.15) is 0 Å². The molecule has 0 aromatic heterocycles. The Bertz CT molecular complexity index is 842. The number of hydrogen-bond acceptors (Lipinski definition) is 1. The molecule has 0 N–H and O–H groups in total. The van der Waals surface area contributed by atoms with Gasteiger partial charge < -0.3 is 4.74 Å². The molecule has 2 aromatic rings. The van der Waals surface area contributed by atoms with Crippen molar-refractivity contribution < 1.29 is 26.7 Å². The number of unbranched alkanes of at least 4 members (excludes halogenated alkanes) is 2. The lowest BCUT2D eigenvalue weighted by Gasteiger charge is -2.28. The van der Waals surface area contributed by atoms with E-state index in [1.807, 2.05) is 6.07 Å². The van der Waals surface area contributed by atoms with Gasteiger partial charge in [0.05, 0.1) is 0 Å². The highest BCUT2D eigenvalue weighted by Gasteiger charge is 2.24. The largest absolute Gasteiger partial charge is 0.482 e. The summed E-state index contributed by atoms with van der Waals surface area (Å²) >= 11 is 0. The summed E-state index contributed by atoms with van der Waals surface area (Å²) in [5, 5.41) is 0. The zero-order chi connectivity index (χ0) is 22.4. The Balaban J connectivity index is 1.69. The standard InChI is InChI=1S/C24H29F5OSi/c1-2-3-4-9-31-10-7-16(8-11-31)17-5-6-19(20(25)12-17)18-13-21(26)24(22(27)14-18)30-15-23(28)29/h5-6,12-14,16,23,31H,2-4,7-11,15H2,1H3. The van der Waals surface area contributed by atoms with Crippen LogP contribution in [0.15, 0.2) is 30.3 Å². The van der Waals surface area contributed by atoms with E-state index in [2.05, 4.69) is 11.7 Å². The minimum absolute atomic E-state index is 0.00971. The van der Waals surface area contributed by atoms with Gasteiger partial charge >= 0.3 is 0 Å². The van der Waals surface area contributed by atoms with E-state index in [1.165, 1.54) is 43.5 Å². The first kappa shape index (κ1) is 23.8. The van der Waals surface area contributed by atoms with Gasteiger partial charge in [0.1, 0.15) is 12.4 Å². The fourth-order valence-electron chi connectivity index (χ4n) is 4.49. The summed E-state index contributed by atoms with van der Waals surface area (Å²) in [6, 6.07) is 10.6. The molecule has 1 saturated heterocycles. The Hall–Kier alpha value is -1.89. The third-order valence-electron chi connectivity index (χ3n) is 6.19. The zero-order valence-electron chi connectivity index (χ0n) is 17.8. The molecule has 1 nitrogen and oxygen atoms in total. The molecule has 7 heteroatoms. The molecule has 0 aliphatic carbocycles. The molecule has 0 bridgehead atoms. The first-order chi connectivity index (χ1) is 14.9. The molecular formula is C24H29F5OSi.